The third kappa shape index (κ3) is 6.09. The molecule has 0 N–H and O–H groups in total. The molecule has 0 bridgehead atoms. The zero-order valence-corrected chi connectivity index (χ0v) is 10.9. The van der Waals surface area contributed by atoms with Crippen LogP contribution in [0.4, 0.5) is 0 Å². The highest BCUT2D eigenvalue weighted by Gasteiger charge is 2.17. The van der Waals surface area contributed by atoms with Crippen molar-refractivity contribution >= 4 is 5.71 Å². The second-order valence-corrected chi connectivity index (χ2v) is 4.83. The lowest BCUT2D eigenvalue weighted by atomic mass is 10.0. The summed E-state index contributed by atoms with van der Waals surface area (Å²) in [6.07, 6.45) is 3.92. The normalized spacial score (nSPS) is 16.1. The number of halogens is 1. The van der Waals surface area contributed by atoms with E-state index in [1.807, 2.05) is 0 Å². The summed E-state index contributed by atoms with van der Waals surface area (Å²) >= 11 is 0. The predicted octanol–water partition coefficient (Wildman–Crippen LogP) is -2.45. The summed E-state index contributed by atoms with van der Waals surface area (Å²) in [4.78, 5) is 0. The predicted molar refractivity (Wildman–Crippen MR) is 55.5 cm³/mol. The van der Waals surface area contributed by atoms with Crippen LogP contribution in [0.3, 0.4) is 0 Å². The summed E-state index contributed by atoms with van der Waals surface area (Å²) in [5, 5.41) is 0. The lowest BCUT2D eigenvalue weighted by Crippen LogP contribution is -2.68. The Hall–Kier alpha value is -0.980. The third-order valence-corrected chi connectivity index (χ3v) is 2.72. The minimum absolute atomic E-state index is 1.21. The summed E-state index contributed by atoms with van der Waals surface area (Å²) in [6, 6.07) is 10.7. The van der Waals surface area contributed by atoms with Gasteiger partial charge in [-0.2, -0.15) is 0 Å². The van der Waals surface area contributed by atoms with Crippen molar-refractivity contribution in [3.63, 3.8) is 0 Å². The molecule has 1 aromatic carbocycles. The molecule has 0 radical (unpaired) electrons. The van der Waals surface area contributed by atoms with Gasteiger partial charge in [0.1, 0.15) is 13.6 Å². The Morgan fingerprint density at radius 3 is 2.06 bits per heavy atom. The van der Waals surface area contributed by atoms with Gasteiger partial charge < -0.3 is 0 Å². The molecule has 18 heavy (non-hydrogen) atoms. The van der Waals surface area contributed by atoms with Crippen LogP contribution in [0, 0.1) is 10.2 Å². The van der Waals surface area contributed by atoms with Gasteiger partial charge in [-0.1, -0.05) is 18.2 Å². The van der Waals surface area contributed by atoms with E-state index in [0.717, 1.165) is 0 Å². The van der Waals surface area contributed by atoms with Crippen LogP contribution in [0.15, 0.2) is 30.3 Å². The zero-order chi connectivity index (χ0) is 13.6. The molecule has 6 heteroatoms. The molecule has 1 aliphatic heterocycles. The van der Waals surface area contributed by atoms with Gasteiger partial charge in [0.2, 0.25) is 0 Å². The van der Waals surface area contributed by atoms with Gasteiger partial charge in [0.15, 0.2) is 5.71 Å². The van der Waals surface area contributed by atoms with Crippen molar-refractivity contribution in [3.8, 4) is 0 Å². The molecule has 0 unspecified atom stereocenters. The van der Waals surface area contributed by atoms with Crippen LogP contribution >= 0.6 is 0 Å². The lowest BCUT2D eigenvalue weighted by molar-refractivity contribution is -2.00. The van der Waals surface area contributed by atoms with Crippen molar-refractivity contribution in [2.45, 2.75) is 19.3 Å². The quantitative estimate of drug-likeness (QED) is 0.531. The van der Waals surface area contributed by atoms with Crippen LogP contribution in [-0.4, -0.2) is 23.9 Å². The van der Waals surface area contributed by atoms with Gasteiger partial charge in [-0.15, -0.1) is 10.2 Å². The van der Waals surface area contributed by atoms with E-state index in [1.54, 1.807) is 0 Å². The summed E-state index contributed by atoms with van der Waals surface area (Å²) in [5.74, 6) is 0. The van der Waals surface area contributed by atoms with E-state index in [1.165, 1.54) is 37.1 Å². The highest BCUT2D eigenvalue weighted by molar-refractivity contribution is 5.96. The minimum atomic E-state index is -4.94. The monoisotopic (exact) mass is 273 g/mol. The van der Waals surface area contributed by atoms with Crippen LogP contribution in [-0.2, 0) is 0 Å². The largest absolute Gasteiger partial charge is 0.236 e. The van der Waals surface area contributed by atoms with Crippen molar-refractivity contribution in [1.82, 2.24) is 0 Å². The summed E-state index contributed by atoms with van der Waals surface area (Å²) in [5.41, 5.74) is 2.90. The fourth-order valence-corrected chi connectivity index (χ4v) is 1.96. The van der Waals surface area contributed by atoms with Gasteiger partial charge in [0, 0.05) is 18.4 Å². The average Bonchev–Trinajstić information content (AvgIpc) is 2.29. The Morgan fingerprint density at radius 1 is 1.00 bits per heavy atom. The first-order valence-electron chi connectivity index (χ1n) is 5.62. The molecule has 1 heterocycles. The Kier molecular flexibility index (Phi) is 5.71. The second kappa shape index (κ2) is 6.82. The van der Waals surface area contributed by atoms with Gasteiger partial charge >= 0.3 is 0 Å². The van der Waals surface area contributed by atoms with Gasteiger partial charge in [-0.25, -0.2) is 23.2 Å². The van der Waals surface area contributed by atoms with Crippen molar-refractivity contribution in [2.75, 3.05) is 13.6 Å². The highest BCUT2D eigenvalue weighted by Crippen LogP contribution is 2.11. The smallest absolute Gasteiger partial charge is 0.183 e. The molecule has 0 saturated heterocycles. The van der Waals surface area contributed by atoms with Crippen molar-refractivity contribution in [1.29, 1.82) is 0 Å². The van der Waals surface area contributed by atoms with Crippen molar-refractivity contribution in [2.24, 2.45) is 0 Å². The lowest BCUT2D eigenvalue weighted by Gasteiger charge is -2.17. The first kappa shape index (κ1) is 15.1. The van der Waals surface area contributed by atoms with Gasteiger partial charge in [0.05, 0.1) is 0 Å². The van der Waals surface area contributed by atoms with Gasteiger partial charge in [-0.05, 0) is 18.6 Å². The van der Waals surface area contributed by atoms with E-state index in [9.17, 15) is 0 Å². The minimum Gasteiger partial charge on any atom is -0.236 e. The molecular formula is C12H16ClNO4. The molecule has 1 aromatic rings. The van der Waals surface area contributed by atoms with Crippen LogP contribution < -0.4 is 18.6 Å². The Balaban J connectivity index is 0.000000280. The summed E-state index contributed by atoms with van der Waals surface area (Å²) in [7, 11) is -2.75. The molecular weight excluding hydrogens is 258 g/mol. The molecule has 0 fully saturated rings. The number of hydrogen-bond acceptors (Lipinski definition) is 4. The molecule has 5 nitrogen and oxygen atoms in total. The summed E-state index contributed by atoms with van der Waals surface area (Å²) < 4.78 is 36.4. The standard InChI is InChI=1S/C12H16N.ClHO4/c1-13-10-6-5-9-12(13)11-7-3-2-4-8-11;2-1(3,4)5/h2-4,7-8H,5-6,9-10H2,1H3;(H,2,3,4,5)/q+1;/p-1. The topological polar surface area (TPSA) is 95.2 Å². The molecule has 100 valence electrons. The van der Waals surface area contributed by atoms with E-state index in [2.05, 4.69) is 42.0 Å². The maximum atomic E-state index is 8.49. The Morgan fingerprint density at radius 2 is 1.56 bits per heavy atom. The molecule has 0 amide bonds. The van der Waals surface area contributed by atoms with Crippen molar-refractivity contribution < 1.29 is 33.5 Å². The van der Waals surface area contributed by atoms with Gasteiger partial charge in [-0.3, -0.25) is 0 Å². The SMILES string of the molecule is C[N+]1=C(c2ccccc2)CCCC1.[O-][Cl+3]([O-])([O-])[O-]. The van der Waals surface area contributed by atoms with E-state index >= 15 is 0 Å². The van der Waals surface area contributed by atoms with Crippen LogP contribution in [0.1, 0.15) is 24.8 Å². The Labute approximate surface area is 108 Å². The summed E-state index contributed by atoms with van der Waals surface area (Å²) in [6.45, 7) is 1.21. The zero-order valence-electron chi connectivity index (χ0n) is 10.2. The molecule has 0 aromatic heterocycles. The number of benzene rings is 1. The third-order valence-electron chi connectivity index (χ3n) is 2.72. The first-order valence-corrected chi connectivity index (χ1v) is 6.85. The average molecular weight is 274 g/mol. The van der Waals surface area contributed by atoms with Gasteiger partial charge in [0.25, 0.3) is 0 Å². The van der Waals surface area contributed by atoms with Crippen LogP contribution in [0.5, 0.6) is 0 Å². The van der Waals surface area contributed by atoms with Crippen molar-refractivity contribution in [3.05, 3.63) is 35.9 Å². The second-order valence-electron chi connectivity index (χ2n) is 4.07. The van der Waals surface area contributed by atoms with Crippen LogP contribution in [0.2, 0.25) is 0 Å². The molecule has 1 aliphatic rings. The molecule has 0 aliphatic carbocycles. The fourth-order valence-electron chi connectivity index (χ4n) is 1.96. The molecule has 0 saturated carbocycles. The van der Waals surface area contributed by atoms with E-state index in [4.69, 9.17) is 18.6 Å². The number of nitrogens with zero attached hydrogens (tertiary/aromatic N) is 1. The molecule has 0 spiro atoms. The maximum Gasteiger partial charge on any atom is 0.183 e. The first-order chi connectivity index (χ1) is 8.38. The van der Waals surface area contributed by atoms with E-state index in [-0.39, 0.29) is 0 Å². The fraction of sp³-hybridized carbons (Fsp3) is 0.417. The Bertz CT molecular complexity index is 394. The van der Waals surface area contributed by atoms with Crippen LogP contribution in [0.25, 0.3) is 0 Å². The molecule has 0 atom stereocenters. The highest BCUT2D eigenvalue weighted by atomic mass is 35.7. The maximum absolute atomic E-state index is 8.49. The number of hydrogen-bond donors (Lipinski definition) is 0. The number of rotatable bonds is 1. The van der Waals surface area contributed by atoms with E-state index < -0.39 is 10.2 Å². The molecule has 2 rings (SSSR count). The van der Waals surface area contributed by atoms with E-state index in [0.29, 0.717) is 0 Å².